The molecular weight excluding hydrogens is 147 g/mol. The fourth-order valence-corrected chi connectivity index (χ4v) is 0. The molecule has 28 valence electrons. The summed E-state index contributed by atoms with van der Waals surface area (Å²) in [6.07, 6.45) is 0. The Hall–Kier alpha value is 0.363. The molecule has 1 amide bonds. The third-order valence-corrected chi connectivity index (χ3v) is 0. The largest absolute Gasteiger partial charge is 0.361 e. The summed E-state index contributed by atoms with van der Waals surface area (Å²) in [5.41, 5.74) is 4.34. The predicted octanol–water partition coefficient (Wildman–Crippen LogP) is -0.386. The van der Waals surface area contributed by atoms with Gasteiger partial charge in [-0.2, -0.15) is 0 Å². The van der Waals surface area contributed by atoms with Gasteiger partial charge in [-0.25, -0.2) is 0 Å². The molecule has 0 bridgehead atoms. The topological polar surface area (TPSA) is 43.1 Å². The van der Waals surface area contributed by atoms with Crippen molar-refractivity contribution in [2.45, 2.75) is 0 Å². The van der Waals surface area contributed by atoms with Gasteiger partial charge < -0.3 is 5.73 Å². The Labute approximate surface area is 46.5 Å². The van der Waals surface area contributed by atoms with Gasteiger partial charge in [0.1, 0.15) is 0 Å². The standard InChI is InChI=1S/CH3NOS.Ge/c2-1(3)4;/h(H3,2,3,4);. The number of primary amides is 1. The average Bonchev–Trinajstić information content (AvgIpc) is 0.811. The summed E-state index contributed by atoms with van der Waals surface area (Å²) in [5, 5.41) is -0.639. The average molecular weight is 150 g/mol. The first kappa shape index (κ1) is 9.03. The summed E-state index contributed by atoms with van der Waals surface area (Å²) < 4.78 is 0. The van der Waals surface area contributed by atoms with Crippen LogP contribution in [0.25, 0.3) is 0 Å². The molecule has 0 rings (SSSR count). The van der Waals surface area contributed by atoms with E-state index in [-0.39, 0.29) is 17.6 Å². The summed E-state index contributed by atoms with van der Waals surface area (Å²) in [6, 6.07) is 0. The monoisotopic (exact) mass is 151 g/mol. The van der Waals surface area contributed by atoms with Gasteiger partial charge in [0.15, 0.2) is 0 Å². The van der Waals surface area contributed by atoms with E-state index >= 15 is 0 Å². The summed E-state index contributed by atoms with van der Waals surface area (Å²) >= 11 is 3.10. The molecule has 0 spiro atoms. The Bertz CT molecular complexity index is 34.6. The van der Waals surface area contributed by atoms with Crippen molar-refractivity contribution in [3.63, 3.8) is 0 Å². The summed E-state index contributed by atoms with van der Waals surface area (Å²) in [6.45, 7) is 0. The molecular formula is CH3GeNOS. The third-order valence-electron chi connectivity index (χ3n) is 0. The van der Waals surface area contributed by atoms with Crippen molar-refractivity contribution in [3.8, 4) is 0 Å². The van der Waals surface area contributed by atoms with Crippen molar-refractivity contribution in [1.82, 2.24) is 0 Å². The second-order valence-electron chi connectivity index (χ2n) is 0.338. The summed E-state index contributed by atoms with van der Waals surface area (Å²) in [5.74, 6) is 0. The van der Waals surface area contributed by atoms with Crippen molar-refractivity contribution in [3.05, 3.63) is 0 Å². The number of rotatable bonds is 0. The van der Waals surface area contributed by atoms with E-state index < -0.39 is 5.24 Å². The van der Waals surface area contributed by atoms with Crippen LogP contribution in [0, 0.1) is 0 Å². The maximum absolute atomic E-state index is 9.09. The second kappa shape index (κ2) is 4.36. The SMILES string of the molecule is NC(=O)S.[Ge]. The van der Waals surface area contributed by atoms with Gasteiger partial charge in [-0.1, -0.05) is 12.6 Å². The Balaban J connectivity index is 0. The molecule has 2 N–H and O–H groups in total. The van der Waals surface area contributed by atoms with Crippen LogP contribution in [0.3, 0.4) is 0 Å². The van der Waals surface area contributed by atoms with Gasteiger partial charge >= 0.3 is 0 Å². The second-order valence-corrected chi connectivity index (χ2v) is 0.779. The van der Waals surface area contributed by atoms with Crippen LogP contribution in [-0.2, 0) is 0 Å². The number of nitrogens with two attached hydrogens (primary N) is 1. The third kappa shape index (κ3) is 185. The fraction of sp³-hybridized carbons (Fsp3) is 0. The molecule has 0 unspecified atom stereocenters. The van der Waals surface area contributed by atoms with Crippen LogP contribution >= 0.6 is 12.6 Å². The molecule has 0 aromatic rings. The molecule has 0 fully saturated rings. The number of hydrogen-bond donors (Lipinski definition) is 2. The van der Waals surface area contributed by atoms with E-state index in [2.05, 4.69) is 18.4 Å². The maximum atomic E-state index is 9.09. The Morgan fingerprint density at radius 1 is 1.80 bits per heavy atom. The smallest absolute Gasteiger partial charge is 0.273 e. The number of hydrogen-bond acceptors (Lipinski definition) is 1. The number of amides is 1. The van der Waals surface area contributed by atoms with Gasteiger partial charge in [-0.3, -0.25) is 4.79 Å². The molecule has 0 aromatic heterocycles. The molecule has 0 aliphatic heterocycles. The van der Waals surface area contributed by atoms with Gasteiger partial charge in [0.25, 0.3) is 5.24 Å². The molecule has 5 heavy (non-hydrogen) atoms. The molecule has 0 saturated carbocycles. The maximum Gasteiger partial charge on any atom is 0.273 e. The quantitative estimate of drug-likeness (QED) is 0.358. The Morgan fingerprint density at radius 2 is 1.80 bits per heavy atom. The Morgan fingerprint density at radius 3 is 1.80 bits per heavy atom. The van der Waals surface area contributed by atoms with E-state index in [1.807, 2.05) is 0 Å². The molecule has 0 atom stereocenters. The van der Waals surface area contributed by atoms with Crippen molar-refractivity contribution in [2.24, 2.45) is 5.73 Å². The van der Waals surface area contributed by atoms with Crippen LogP contribution in [0.4, 0.5) is 4.79 Å². The van der Waals surface area contributed by atoms with Crippen LogP contribution in [-0.4, -0.2) is 22.8 Å². The van der Waals surface area contributed by atoms with Crippen molar-refractivity contribution < 1.29 is 4.79 Å². The summed E-state index contributed by atoms with van der Waals surface area (Å²) in [7, 11) is 0. The van der Waals surface area contributed by atoms with E-state index in [0.717, 1.165) is 0 Å². The fourth-order valence-electron chi connectivity index (χ4n) is 0. The minimum absolute atomic E-state index is 0. The molecule has 0 aliphatic carbocycles. The first-order chi connectivity index (χ1) is 1.73. The zero-order valence-electron chi connectivity index (χ0n) is 2.43. The zero-order chi connectivity index (χ0) is 3.58. The van der Waals surface area contributed by atoms with E-state index in [1.54, 1.807) is 0 Å². The zero-order valence-corrected chi connectivity index (χ0v) is 5.43. The molecule has 0 aliphatic rings. The molecule has 4 heteroatoms. The van der Waals surface area contributed by atoms with Gasteiger partial charge in [-0.05, 0) is 0 Å². The van der Waals surface area contributed by atoms with Gasteiger partial charge in [0.05, 0.1) is 0 Å². The van der Waals surface area contributed by atoms with Crippen LogP contribution in [0.1, 0.15) is 0 Å². The summed E-state index contributed by atoms with van der Waals surface area (Å²) in [4.78, 5) is 9.09. The molecule has 4 radical (unpaired) electrons. The van der Waals surface area contributed by atoms with Gasteiger partial charge in [-0.15, -0.1) is 0 Å². The van der Waals surface area contributed by atoms with Gasteiger partial charge in [0.2, 0.25) is 0 Å². The Kier molecular flexibility index (Phi) is 7.88. The van der Waals surface area contributed by atoms with Crippen molar-refractivity contribution in [2.75, 3.05) is 0 Å². The normalized spacial score (nSPS) is 5.00. The minimum Gasteiger partial charge on any atom is -0.361 e. The molecule has 0 saturated heterocycles. The van der Waals surface area contributed by atoms with Crippen LogP contribution in [0.2, 0.25) is 0 Å². The number of carbonyl (C=O) groups is 1. The number of thiol groups is 1. The van der Waals surface area contributed by atoms with E-state index in [0.29, 0.717) is 0 Å². The molecule has 0 aromatic carbocycles. The van der Waals surface area contributed by atoms with Gasteiger partial charge in [0, 0.05) is 17.6 Å². The van der Waals surface area contributed by atoms with Crippen molar-refractivity contribution in [1.29, 1.82) is 0 Å². The minimum atomic E-state index is -0.639. The predicted molar refractivity (Wildman–Crippen MR) is 24.3 cm³/mol. The van der Waals surface area contributed by atoms with Crippen molar-refractivity contribution >= 4 is 35.5 Å². The van der Waals surface area contributed by atoms with E-state index in [4.69, 9.17) is 4.79 Å². The molecule has 2 nitrogen and oxygen atoms in total. The van der Waals surface area contributed by atoms with E-state index in [9.17, 15) is 0 Å². The first-order valence-electron chi connectivity index (χ1n) is 0.716. The first-order valence-corrected chi connectivity index (χ1v) is 1.16. The van der Waals surface area contributed by atoms with E-state index in [1.165, 1.54) is 0 Å². The van der Waals surface area contributed by atoms with Crippen LogP contribution in [0.15, 0.2) is 0 Å². The number of carbonyl (C=O) groups excluding carboxylic acids is 1. The van der Waals surface area contributed by atoms with Crippen LogP contribution < -0.4 is 5.73 Å². The molecule has 0 heterocycles. The van der Waals surface area contributed by atoms with Crippen LogP contribution in [0.5, 0.6) is 0 Å².